The summed E-state index contributed by atoms with van der Waals surface area (Å²) in [5.41, 5.74) is 3.15. The number of rotatable bonds is 6. The number of para-hydroxylation sites is 1. The Labute approximate surface area is 147 Å². The number of Topliss-reactive ketones (excluding diaryl/α,β-unsaturated/α-hetero) is 1. The maximum absolute atomic E-state index is 12.6. The predicted molar refractivity (Wildman–Crippen MR) is 98.8 cm³/mol. The van der Waals surface area contributed by atoms with Gasteiger partial charge >= 0.3 is 0 Å². The van der Waals surface area contributed by atoms with E-state index < -0.39 is 11.7 Å². The largest absolute Gasteiger partial charge is 0.340 e. The average molecular weight is 332 g/mol. The van der Waals surface area contributed by atoms with Crippen LogP contribution in [0.25, 0.3) is 0 Å². The van der Waals surface area contributed by atoms with Gasteiger partial charge in [-0.05, 0) is 35.7 Å². The van der Waals surface area contributed by atoms with Gasteiger partial charge in [0.25, 0.3) is 11.7 Å². The highest BCUT2D eigenvalue weighted by Crippen LogP contribution is 2.16. The molecule has 0 atom stereocenters. The van der Waals surface area contributed by atoms with Crippen LogP contribution in [0, 0.1) is 0 Å². The SMILES string of the molecule is CCc1ccccc1NC(=O)C(=O)c1cccn1Cc1ccccc1. The number of benzene rings is 2. The van der Waals surface area contributed by atoms with E-state index in [9.17, 15) is 9.59 Å². The fourth-order valence-corrected chi connectivity index (χ4v) is 2.78. The first-order valence-corrected chi connectivity index (χ1v) is 8.31. The van der Waals surface area contributed by atoms with Crippen molar-refractivity contribution in [2.45, 2.75) is 19.9 Å². The van der Waals surface area contributed by atoms with E-state index in [-0.39, 0.29) is 0 Å². The molecular weight excluding hydrogens is 312 g/mol. The van der Waals surface area contributed by atoms with Crippen molar-refractivity contribution in [2.75, 3.05) is 5.32 Å². The number of hydrogen-bond acceptors (Lipinski definition) is 2. The summed E-state index contributed by atoms with van der Waals surface area (Å²) >= 11 is 0. The molecule has 1 N–H and O–H groups in total. The van der Waals surface area contributed by atoms with Crippen LogP contribution in [-0.2, 0) is 17.8 Å². The number of aromatic nitrogens is 1. The molecule has 4 heteroatoms. The van der Waals surface area contributed by atoms with Gasteiger partial charge < -0.3 is 9.88 Å². The quantitative estimate of drug-likeness (QED) is 0.549. The van der Waals surface area contributed by atoms with Crippen LogP contribution in [0.15, 0.2) is 72.9 Å². The molecule has 0 saturated carbocycles. The Morgan fingerprint density at radius 3 is 2.40 bits per heavy atom. The van der Waals surface area contributed by atoms with Crippen LogP contribution in [0.2, 0.25) is 0 Å². The van der Waals surface area contributed by atoms with Crippen molar-refractivity contribution in [1.82, 2.24) is 4.57 Å². The Balaban J connectivity index is 1.77. The number of nitrogens with zero attached hydrogens (tertiary/aromatic N) is 1. The molecule has 0 bridgehead atoms. The van der Waals surface area contributed by atoms with E-state index in [0.29, 0.717) is 17.9 Å². The van der Waals surface area contributed by atoms with Gasteiger partial charge in [0.2, 0.25) is 0 Å². The molecular formula is C21H20N2O2. The number of hydrogen-bond donors (Lipinski definition) is 1. The monoisotopic (exact) mass is 332 g/mol. The lowest BCUT2D eigenvalue weighted by Crippen LogP contribution is -2.25. The molecule has 3 aromatic rings. The van der Waals surface area contributed by atoms with Crippen LogP contribution in [0.3, 0.4) is 0 Å². The van der Waals surface area contributed by atoms with E-state index in [1.807, 2.05) is 67.7 Å². The molecule has 1 amide bonds. The molecule has 0 unspecified atom stereocenters. The van der Waals surface area contributed by atoms with Gasteiger partial charge in [-0.3, -0.25) is 9.59 Å². The molecule has 25 heavy (non-hydrogen) atoms. The van der Waals surface area contributed by atoms with Crippen LogP contribution in [-0.4, -0.2) is 16.3 Å². The summed E-state index contributed by atoms with van der Waals surface area (Å²) in [6.45, 7) is 2.56. The Kier molecular flexibility index (Phi) is 5.09. The maximum atomic E-state index is 12.6. The number of ketones is 1. The summed E-state index contributed by atoms with van der Waals surface area (Å²) in [4.78, 5) is 25.0. The molecule has 0 saturated heterocycles. The number of aryl methyl sites for hydroxylation is 1. The van der Waals surface area contributed by atoms with Gasteiger partial charge in [0.15, 0.2) is 0 Å². The van der Waals surface area contributed by atoms with Crippen molar-refractivity contribution < 1.29 is 9.59 Å². The molecule has 4 nitrogen and oxygen atoms in total. The van der Waals surface area contributed by atoms with Gasteiger partial charge in [-0.1, -0.05) is 55.5 Å². The summed E-state index contributed by atoms with van der Waals surface area (Å²) in [5, 5.41) is 2.74. The second-order valence-electron chi connectivity index (χ2n) is 5.80. The van der Waals surface area contributed by atoms with Crippen LogP contribution in [0.5, 0.6) is 0 Å². The van der Waals surface area contributed by atoms with E-state index >= 15 is 0 Å². The molecule has 2 aromatic carbocycles. The lowest BCUT2D eigenvalue weighted by atomic mass is 10.1. The molecule has 0 fully saturated rings. The summed E-state index contributed by atoms with van der Waals surface area (Å²) in [7, 11) is 0. The van der Waals surface area contributed by atoms with Crippen molar-refractivity contribution in [3.8, 4) is 0 Å². The van der Waals surface area contributed by atoms with Crippen LogP contribution < -0.4 is 5.32 Å². The first-order chi connectivity index (χ1) is 12.2. The van der Waals surface area contributed by atoms with E-state index in [4.69, 9.17) is 0 Å². The van der Waals surface area contributed by atoms with E-state index in [1.54, 1.807) is 16.7 Å². The third-order valence-electron chi connectivity index (χ3n) is 4.11. The molecule has 126 valence electrons. The molecule has 0 aliphatic carbocycles. The fourth-order valence-electron chi connectivity index (χ4n) is 2.78. The minimum Gasteiger partial charge on any atom is -0.340 e. The second-order valence-corrected chi connectivity index (χ2v) is 5.80. The zero-order valence-electron chi connectivity index (χ0n) is 14.1. The molecule has 0 radical (unpaired) electrons. The number of nitrogens with one attached hydrogen (secondary N) is 1. The number of carbonyl (C=O) groups is 2. The van der Waals surface area contributed by atoms with E-state index in [2.05, 4.69) is 5.32 Å². The van der Waals surface area contributed by atoms with E-state index in [1.165, 1.54) is 0 Å². The van der Waals surface area contributed by atoms with Gasteiger partial charge in [0.05, 0.1) is 5.69 Å². The smallest absolute Gasteiger partial charge is 0.298 e. The summed E-state index contributed by atoms with van der Waals surface area (Å²) < 4.78 is 1.79. The molecule has 1 aromatic heterocycles. The summed E-state index contributed by atoms with van der Waals surface area (Å²) in [6, 6.07) is 20.8. The zero-order valence-corrected chi connectivity index (χ0v) is 14.1. The fraction of sp³-hybridized carbons (Fsp3) is 0.143. The highest BCUT2D eigenvalue weighted by atomic mass is 16.2. The second kappa shape index (κ2) is 7.62. The lowest BCUT2D eigenvalue weighted by Gasteiger charge is -2.11. The van der Waals surface area contributed by atoms with Crippen LogP contribution in [0.4, 0.5) is 5.69 Å². The minimum absolute atomic E-state index is 0.385. The standard InChI is InChI=1S/C21H20N2O2/c1-2-17-11-6-7-12-18(17)22-21(25)20(24)19-13-8-14-23(19)15-16-9-4-3-5-10-16/h3-14H,2,15H2,1H3,(H,22,25). The van der Waals surface area contributed by atoms with Crippen molar-refractivity contribution >= 4 is 17.4 Å². The average Bonchev–Trinajstić information content (AvgIpc) is 3.10. The van der Waals surface area contributed by atoms with E-state index in [0.717, 1.165) is 17.5 Å². The third kappa shape index (κ3) is 3.86. The molecule has 0 spiro atoms. The number of carbonyl (C=O) groups excluding carboxylic acids is 2. The van der Waals surface area contributed by atoms with Gasteiger partial charge in [-0.2, -0.15) is 0 Å². The normalized spacial score (nSPS) is 10.4. The Morgan fingerprint density at radius 1 is 0.920 bits per heavy atom. The van der Waals surface area contributed by atoms with Crippen LogP contribution in [0.1, 0.15) is 28.5 Å². The maximum Gasteiger partial charge on any atom is 0.298 e. The highest BCUT2D eigenvalue weighted by molar-refractivity contribution is 6.46. The van der Waals surface area contributed by atoms with Gasteiger partial charge in [-0.25, -0.2) is 0 Å². The number of amides is 1. The van der Waals surface area contributed by atoms with Crippen molar-refractivity contribution in [1.29, 1.82) is 0 Å². The molecule has 1 heterocycles. The predicted octanol–water partition coefficient (Wildman–Crippen LogP) is 3.92. The summed E-state index contributed by atoms with van der Waals surface area (Å²) in [5.74, 6) is -1.15. The zero-order chi connectivity index (χ0) is 17.6. The first-order valence-electron chi connectivity index (χ1n) is 8.31. The lowest BCUT2D eigenvalue weighted by molar-refractivity contribution is -0.112. The van der Waals surface area contributed by atoms with Gasteiger partial charge in [0.1, 0.15) is 0 Å². The Hall–Kier alpha value is -3.14. The Morgan fingerprint density at radius 2 is 1.64 bits per heavy atom. The molecule has 0 aliphatic heterocycles. The Bertz CT molecular complexity index is 882. The van der Waals surface area contributed by atoms with Crippen molar-refractivity contribution in [3.05, 3.63) is 89.7 Å². The number of anilines is 1. The minimum atomic E-state index is -0.617. The van der Waals surface area contributed by atoms with Crippen molar-refractivity contribution in [3.63, 3.8) is 0 Å². The first kappa shape index (κ1) is 16.7. The van der Waals surface area contributed by atoms with Crippen molar-refractivity contribution in [2.24, 2.45) is 0 Å². The van der Waals surface area contributed by atoms with Gasteiger partial charge in [-0.15, -0.1) is 0 Å². The molecule has 0 aliphatic rings. The van der Waals surface area contributed by atoms with Gasteiger partial charge in [0, 0.05) is 18.4 Å². The van der Waals surface area contributed by atoms with Crippen LogP contribution >= 0.6 is 0 Å². The highest BCUT2D eigenvalue weighted by Gasteiger charge is 2.20. The molecule has 3 rings (SSSR count). The summed E-state index contributed by atoms with van der Waals surface area (Å²) in [6.07, 6.45) is 2.60. The third-order valence-corrected chi connectivity index (χ3v) is 4.11. The topological polar surface area (TPSA) is 51.1 Å².